The normalized spacial score (nSPS) is 13.1. The number of carbonyl (C=O) groups excluding carboxylic acids is 2. The van der Waals surface area contributed by atoms with Gasteiger partial charge in [-0.25, -0.2) is 19.1 Å². The Balaban J connectivity index is 1.57. The van der Waals surface area contributed by atoms with Crippen LogP contribution >= 0.6 is 23.2 Å². The van der Waals surface area contributed by atoms with E-state index < -0.39 is 11.6 Å². The molecule has 0 fully saturated rings. The van der Waals surface area contributed by atoms with Gasteiger partial charge in [-0.3, -0.25) is 9.48 Å². The molecule has 0 atom stereocenters. The van der Waals surface area contributed by atoms with Gasteiger partial charge in [-0.1, -0.05) is 23.2 Å². The van der Waals surface area contributed by atoms with Crippen LogP contribution in [0.25, 0.3) is 5.69 Å². The number of aromatic nitrogens is 4. The Kier molecular flexibility index (Phi) is 7.78. The summed E-state index contributed by atoms with van der Waals surface area (Å²) in [5, 5.41) is 8.01. The molecule has 216 valence electrons. The Labute approximate surface area is 252 Å². The lowest BCUT2D eigenvalue weighted by Crippen LogP contribution is -2.38. The van der Waals surface area contributed by atoms with Gasteiger partial charge in [0.1, 0.15) is 17.1 Å². The van der Waals surface area contributed by atoms with E-state index in [2.05, 4.69) is 10.4 Å². The summed E-state index contributed by atoms with van der Waals surface area (Å²) in [7, 11) is 1.76. The summed E-state index contributed by atoms with van der Waals surface area (Å²) in [5.41, 5.74) is 1.92. The number of rotatable bonds is 5. The average molecular weight is 609 g/mol. The SMILES string of the molecule is CC1=[N+](C(=O)c2ccc(Cl)c(Cl)c2)Cc2nc(Nc3ccnn3C)n(-c3ccc(C(=O)OC(C)(C)C)cc3)c(=O)c2C1. The number of fused-ring (bicyclic) bond motifs is 1. The number of hydrogen-bond acceptors (Lipinski definition) is 7. The third-order valence-electron chi connectivity index (χ3n) is 6.70. The van der Waals surface area contributed by atoms with Gasteiger partial charge in [0.15, 0.2) is 12.3 Å². The second-order valence-electron chi connectivity index (χ2n) is 10.9. The number of hydrogen-bond donors (Lipinski definition) is 1. The fourth-order valence-electron chi connectivity index (χ4n) is 4.59. The molecule has 42 heavy (non-hydrogen) atoms. The van der Waals surface area contributed by atoms with Gasteiger partial charge in [-0.05, 0) is 63.2 Å². The van der Waals surface area contributed by atoms with E-state index in [0.29, 0.717) is 44.6 Å². The zero-order chi connectivity index (χ0) is 30.3. The first-order valence-corrected chi connectivity index (χ1v) is 13.9. The highest BCUT2D eigenvalue weighted by Gasteiger charge is 2.33. The van der Waals surface area contributed by atoms with Crippen LogP contribution in [-0.2, 0) is 24.8 Å². The molecule has 0 radical (unpaired) electrons. The van der Waals surface area contributed by atoms with E-state index in [1.807, 2.05) is 0 Å². The van der Waals surface area contributed by atoms with Crippen molar-refractivity contribution in [3.8, 4) is 5.69 Å². The van der Waals surface area contributed by atoms with Crippen LogP contribution < -0.4 is 10.9 Å². The largest absolute Gasteiger partial charge is 0.456 e. The number of ether oxygens (including phenoxy) is 1. The van der Waals surface area contributed by atoms with Crippen molar-refractivity contribution in [1.29, 1.82) is 0 Å². The fraction of sp³-hybridized carbons (Fsp3) is 0.267. The van der Waals surface area contributed by atoms with E-state index in [9.17, 15) is 14.4 Å². The number of esters is 1. The van der Waals surface area contributed by atoms with Gasteiger partial charge in [0.05, 0.1) is 45.0 Å². The van der Waals surface area contributed by atoms with E-state index in [1.165, 1.54) is 10.6 Å². The minimum atomic E-state index is -0.640. The van der Waals surface area contributed by atoms with Crippen molar-refractivity contribution in [2.24, 2.45) is 7.05 Å². The summed E-state index contributed by atoms with van der Waals surface area (Å²) >= 11 is 12.2. The Morgan fingerprint density at radius 1 is 1.02 bits per heavy atom. The molecule has 2 aromatic heterocycles. The highest BCUT2D eigenvalue weighted by Crippen LogP contribution is 2.25. The summed E-state index contributed by atoms with van der Waals surface area (Å²) in [4.78, 5) is 44.9. The topological polar surface area (TPSA) is 111 Å². The smallest absolute Gasteiger partial charge is 0.419 e. The first kappa shape index (κ1) is 29.2. The summed E-state index contributed by atoms with van der Waals surface area (Å²) in [6, 6.07) is 13.0. The fourth-order valence-corrected chi connectivity index (χ4v) is 4.89. The van der Waals surface area contributed by atoms with Crippen molar-refractivity contribution in [2.45, 2.75) is 46.3 Å². The Bertz CT molecular complexity index is 1820. The third-order valence-corrected chi connectivity index (χ3v) is 7.44. The molecule has 1 aliphatic rings. The Morgan fingerprint density at radius 2 is 1.71 bits per heavy atom. The molecule has 0 saturated carbocycles. The van der Waals surface area contributed by atoms with E-state index in [1.54, 1.807) is 92.7 Å². The first-order valence-electron chi connectivity index (χ1n) is 13.2. The van der Waals surface area contributed by atoms with Crippen molar-refractivity contribution in [2.75, 3.05) is 5.32 Å². The lowest BCUT2D eigenvalue weighted by atomic mass is 10.0. The van der Waals surface area contributed by atoms with Crippen LogP contribution in [0.4, 0.5) is 11.8 Å². The van der Waals surface area contributed by atoms with Gasteiger partial charge in [-0.15, -0.1) is 0 Å². The molecule has 0 spiro atoms. The molecule has 10 nitrogen and oxygen atoms in total. The number of carbonyl (C=O) groups is 2. The van der Waals surface area contributed by atoms with Crippen molar-refractivity contribution in [3.05, 3.63) is 97.5 Å². The second-order valence-corrected chi connectivity index (χ2v) is 11.8. The van der Waals surface area contributed by atoms with Crippen LogP contribution in [0, 0.1) is 0 Å². The van der Waals surface area contributed by atoms with E-state index in [0.717, 1.165) is 0 Å². The number of nitrogens with zero attached hydrogens (tertiary/aromatic N) is 5. The Hall–Kier alpha value is -4.28. The van der Waals surface area contributed by atoms with Crippen LogP contribution in [0.1, 0.15) is 59.7 Å². The predicted octanol–water partition coefficient (Wildman–Crippen LogP) is 5.34. The molecule has 0 saturated heterocycles. The number of nitrogens with one attached hydrogen (secondary N) is 1. The molecule has 0 unspecified atom stereocenters. The molecule has 0 bridgehead atoms. The minimum Gasteiger partial charge on any atom is -0.456 e. The monoisotopic (exact) mass is 607 g/mol. The molecule has 1 N–H and O–H groups in total. The lowest BCUT2D eigenvalue weighted by Gasteiger charge is -2.21. The summed E-state index contributed by atoms with van der Waals surface area (Å²) in [6.45, 7) is 7.29. The van der Waals surface area contributed by atoms with Gasteiger partial charge < -0.3 is 10.1 Å². The summed E-state index contributed by atoms with van der Waals surface area (Å²) < 4.78 is 10.1. The van der Waals surface area contributed by atoms with Gasteiger partial charge in [0.25, 0.3) is 5.56 Å². The maximum Gasteiger partial charge on any atom is 0.419 e. The van der Waals surface area contributed by atoms with Crippen LogP contribution in [-0.4, -0.2) is 47.1 Å². The molecule has 3 heterocycles. The Morgan fingerprint density at radius 3 is 2.33 bits per heavy atom. The highest BCUT2D eigenvalue weighted by molar-refractivity contribution is 6.42. The van der Waals surface area contributed by atoms with Gasteiger partial charge >= 0.3 is 11.9 Å². The van der Waals surface area contributed by atoms with Gasteiger partial charge in [-0.2, -0.15) is 9.67 Å². The molecule has 12 heteroatoms. The number of halogens is 2. The number of aryl methyl sites for hydroxylation is 1. The molecule has 0 aliphatic carbocycles. The van der Waals surface area contributed by atoms with E-state index >= 15 is 0 Å². The summed E-state index contributed by atoms with van der Waals surface area (Å²) in [5.74, 6) is 0.0915. The highest BCUT2D eigenvalue weighted by atomic mass is 35.5. The third kappa shape index (κ3) is 5.86. The van der Waals surface area contributed by atoms with Crippen molar-refractivity contribution < 1.29 is 18.9 Å². The van der Waals surface area contributed by atoms with E-state index in [4.69, 9.17) is 32.9 Å². The quantitative estimate of drug-likeness (QED) is 0.241. The van der Waals surface area contributed by atoms with Crippen molar-refractivity contribution in [1.82, 2.24) is 19.3 Å². The van der Waals surface area contributed by atoms with Crippen LogP contribution in [0.2, 0.25) is 10.0 Å². The number of anilines is 2. The molecule has 5 rings (SSSR count). The molecule has 1 aliphatic heterocycles. The molecule has 1 amide bonds. The average Bonchev–Trinajstić information content (AvgIpc) is 3.33. The van der Waals surface area contributed by atoms with Crippen LogP contribution in [0.15, 0.2) is 59.5 Å². The first-order chi connectivity index (χ1) is 19.8. The molecule has 2 aromatic carbocycles. The lowest BCUT2D eigenvalue weighted by molar-refractivity contribution is -0.450. The van der Waals surface area contributed by atoms with Crippen molar-refractivity contribution >= 4 is 52.6 Å². The van der Waals surface area contributed by atoms with Crippen LogP contribution in [0.3, 0.4) is 0 Å². The molecular weight excluding hydrogens is 579 g/mol. The van der Waals surface area contributed by atoms with E-state index in [-0.39, 0.29) is 35.4 Å². The zero-order valence-electron chi connectivity index (χ0n) is 23.7. The van der Waals surface area contributed by atoms with Crippen LogP contribution in [0.5, 0.6) is 0 Å². The molecule has 4 aromatic rings. The zero-order valence-corrected chi connectivity index (χ0v) is 25.2. The number of amides is 1. The maximum absolute atomic E-state index is 14.0. The minimum absolute atomic E-state index is 0.0912. The van der Waals surface area contributed by atoms with Gasteiger partial charge in [0.2, 0.25) is 5.95 Å². The summed E-state index contributed by atoms with van der Waals surface area (Å²) in [6.07, 6.45) is 1.84. The van der Waals surface area contributed by atoms with Gasteiger partial charge in [0, 0.05) is 20.0 Å². The van der Waals surface area contributed by atoms with Crippen molar-refractivity contribution in [3.63, 3.8) is 0 Å². The number of benzene rings is 2. The standard InChI is InChI=1S/C30H28Cl2N6O4/c1-17-14-21-24(16-37(17)26(39)19-8-11-22(31)23(32)15-19)34-29(35-25-12-13-33-36(25)5)38(27(21)40)20-9-6-18(7-10-20)28(41)42-30(2,3)4/h6-13,15H,14,16H2,1-5H3/p+1. The molecular formula is C30H29Cl2N6O4+. The predicted molar refractivity (Wildman–Crippen MR) is 161 cm³/mol. The second kappa shape index (κ2) is 11.2. The maximum atomic E-state index is 14.0.